The summed E-state index contributed by atoms with van der Waals surface area (Å²) < 4.78 is 6.40. The Labute approximate surface area is 157 Å². The molecule has 0 spiro atoms. The Morgan fingerprint density at radius 1 is 1.29 bits per heavy atom. The summed E-state index contributed by atoms with van der Waals surface area (Å²) in [6.45, 7) is 0.272. The molecule has 0 bridgehead atoms. The van der Waals surface area contributed by atoms with Crippen molar-refractivity contribution >= 4 is 51.1 Å². The fraction of sp³-hybridized carbons (Fsp3) is 0.0588. The third kappa shape index (κ3) is 4.75. The average molecular weight is 426 g/mol. The minimum absolute atomic E-state index is 0.122. The van der Waals surface area contributed by atoms with Gasteiger partial charge in [0.15, 0.2) is 0 Å². The Kier molecular flexibility index (Phi) is 6.27. The molecule has 0 aliphatic carbocycles. The van der Waals surface area contributed by atoms with Crippen LogP contribution in [0.2, 0.25) is 10.0 Å². The van der Waals surface area contributed by atoms with Gasteiger partial charge < -0.3 is 10.5 Å². The number of halogens is 3. The largest absolute Gasteiger partial charge is 0.488 e. The molecule has 1 amide bonds. The number of nitriles is 1. The second-order valence-corrected chi connectivity index (χ2v) is 6.45. The van der Waals surface area contributed by atoms with Gasteiger partial charge in [-0.15, -0.1) is 0 Å². The maximum atomic E-state index is 11.1. The Balaban J connectivity index is 2.16. The lowest BCUT2D eigenvalue weighted by Crippen LogP contribution is -2.12. The molecule has 24 heavy (non-hydrogen) atoms. The van der Waals surface area contributed by atoms with Gasteiger partial charge >= 0.3 is 0 Å². The summed E-state index contributed by atoms with van der Waals surface area (Å²) in [5, 5.41) is 9.95. The van der Waals surface area contributed by atoms with Crippen molar-refractivity contribution in [3.8, 4) is 11.8 Å². The molecule has 0 aliphatic rings. The minimum Gasteiger partial charge on any atom is -0.488 e. The third-order valence-corrected chi connectivity index (χ3v) is 4.26. The van der Waals surface area contributed by atoms with Gasteiger partial charge in [0.2, 0.25) is 0 Å². The van der Waals surface area contributed by atoms with Crippen molar-refractivity contribution in [1.29, 1.82) is 5.26 Å². The Bertz CT molecular complexity index is 860. The number of hydrogen-bond acceptors (Lipinski definition) is 3. The average Bonchev–Trinajstić information content (AvgIpc) is 2.53. The highest BCUT2D eigenvalue weighted by Crippen LogP contribution is 2.29. The second-order valence-electron chi connectivity index (χ2n) is 4.75. The van der Waals surface area contributed by atoms with Crippen molar-refractivity contribution in [3.63, 3.8) is 0 Å². The summed E-state index contributed by atoms with van der Waals surface area (Å²) >= 11 is 15.4. The van der Waals surface area contributed by atoms with Crippen LogP contribution in [0.3, 0.4) is 0 Å². The van der Waals surface area contributed by atoms with E-state index in [4.69, 9.17) is 38.9 Å². The molecule has 0 unspecified atom stereocenters. The SMILES string of the molecule is N#C/C(=C/c1ccc(OCc2ccc(Cl)cc2Cl)c(Br)c1)C(N)=O. The van der Waals surface area contributed by atoms with Gasteiger partial charge in [-0.1, -0.05) is 35.3 Å². The van der Waals surface area contributed by atoms with E-state index in [-0.39, 0.29) is 12.2 Å². The van der Waals surface area contributed by atoms with Crippen LogP contribution in [0.5, 0.6) is 5.75 Å². The van der Waals surface area contributed by atoms with Gasteiger partial charge in [-0.25, -0.2) is 0 Å². The molecule has 2 aromatic carbocycles. The molecule has 0 aliphatic heterocycles. The van der Waals surface area contributed by atoms with Crippen molar-refractivity contribution in [2.45, 2.75) is 6.61 Å². The van der Waals surface area contributed by atoms with Gasteiger partial charge in [0.1, 0.15) is 24.0 Å². The van der Waals surface area contributed by atoms with E-state index in [1.807, 2.05) is 0 Å². The van der Waals surface area contributed by atoms with Crippen LogP contribution >= 0.6 is 39.1 Å². The molecule has 122 valence electrons. The van der Waals surface area contributed by atoms with E-state index in [0.29, 0.717) is 25.8 Å². The van der Waals surface area contributed by atoms with Crippen LogP contribution in [0.1, 0.15) is 11.1 Å². The fourth-order valence-electron chi connectivity index (χ4n) is 1.84. The molecule has 0 fully saturated rings. The van der Waals surface area contributed by atoms with Crippen LogP contribution in [0, 0.1) is 11.3 Å². The van der Waals surface area contributed by atoms with Crippen molar-refractivity contribution in [1.82, 2.24) is 0 Å². The number of carbonyl (C=O) groups is 1. The third-order valence-electron chi connectivity index (χ3n) is 3.05. The first kappa shape index (κ1) is 18.3. The molecule has 7 heteroatoms. The molecule has 0 aromatic heterocycles. The minimum atomic E-state index is -0.772. The zero-order valence-corrected chi connectivity index (χ0v) is 15.3. The highest BCUT2D eigenvalue weighted by molar-refractivity contribution is 9.10. The summed E-state index contributed by atoms with van der Waals surface area (Å²) in [7, 11) is 0. The Morgan fingerprint density at radius 3 is 2.62 bits per heavy atom. The van der Waals surface area contributed by atoms with Crippen molar-refractivity contribution < 1.29 is 9.53 Å². The first-order valence-corrected chi connectivity index (χ1v) is 8.23. The lowest BCUT2D eigenvalue weighted by Gasteiger charge is -2.10. The maximum Gasteiger partial charge on any atom is 0.259 e. The van der Waals surface area contributed by atoms with Crippen molar-refractivity contribution in [3.05, 3.63) is 67.6 Å². The van der Waals surface area contributed by atoms with Crippen molar-refractivity contribution in [2.24, 2.45) is 5.73 Å². The number of rotatable bonds is 5. The number of hydrogen-bond donors (Lipinski definition) is 1. The van der Waals surface area contributed by atoms with E-state index in [1.54, 1.807) is 42.5 Å². The summed E-state index contributed by atoms with van der Waals surface area (Å²) in [4.78, 5) is 11.1. The van der Waals surface area contributed by atoms with Gasteiger partial charge in [-0.2, -0.15) is 5.26 Å². The first-order chi connectivity index (χ1) is 11.4. The molecule has 0 saturated heterocycles. The molecule has 0 saturated carbocycles. The topological polar surface area (TPSA) is 76.1 Å². The van der Waals surface area contributed by atoms with E-state index in [0.717, 1.165) is 5.56 Å². The summed E-state index contributed by atoms with van der Waals surface area (Å²) in [6, 6.07) is 12.1. The fourth-order valence-corrected chi connectivity index (χ4v) is 2.82. The molecule has 0 radical (unpaired) electrons. The second kappa shape index (κ2) is 8.20. The molecule has 0 atom stereocenters. The zero-order chi connectivity index (χ0) is 17.7. The van der Waals surface area contributed by atoms with E-state index in [9.17, 15) is 4.79 Å². The highest BCUT2D eigenvalue weighted by Gasteiger charge is 2.07. The zero-order valence-electron chi connectivity index (χ0n) is 12.2. The maximum absolute atomic E-state index is 11.1. The number of nitrogens with zero attached hydrogens (tertiary/aromatic N) is 1. The van der Waals surface area contributed by atoms with E-state index in [1.165, 1.54) is 6.08 Å². The lowest BCUT2D eigenvalue weighted by atomic mass is 10.1. The number of benzene rings is 2. The molecule has 2 rings (SSSR count). The van der Waals surface area contributed by atoms with Crippen LogP contribution in [0.15, 0.2) is 46.4 Å². The smallest absolute Gasteiger partial charge is 0.259 e. The molecule has 2 N–H and O–H groups in total. The molecular formula is C17H11BrCl2N2O2. The van der Waals surface area contributed by atoms with Crippen LogP contribution in [-0.2, 0) is 11.4 Å². The predicted octanol–water partition coefficient (Wildman–Crippen LogP) is 4.73. The van der Waals surface area contributed by atoms with E-state index < -0.39 is 5.91 Å². The monoisotopic (exact) mass is 424 g/mol. The number of primary amides is 1. The highest BCUT2D eigenvalue weighted by atomic mass is 79.9. The van der Waals surface area contributed by atoms with E-state index >= 15 is 0 Å². The number of carbonyl (C=O) groups excluding carboxylic acids is 1. The van der Waals surface area contributed by atoms with Gasteiger partial charge in [-0.3, -0.25) is 4.79 Å². The van der Waals surface area contributed by atoms with Gasteiger partial charge in [0, 0.05) is 15.6 Å². The Hall–Kier alpha value is -2.00. The van der Waals surface area contributed by atoms with E-state index in [2.05, 4.69) is 15.9 Å². The summed E-state index contributed by atoms with van der Waals surface area (Å²) in [5.74, 6) is -0.179. The molecular weight excluding hydrogens is 415 g/mol. The molecule has 2 aromatic rings. The molecule has 0 heterocycles. The summed E-state index contributed by atoms with van der Waals surface area (Å²) in [6.07, 6.45) is 1.41. The van der Waals surface area contributed by atoms with Crippen LogP contribution < -0.4 is 10.5 Å². The summed E-state index contributed by atoms with van der Waals surface area (Å²) in [5.41, 5.74) is 6.44. The lowest BCUT2D eigenvalue weighted by molar-refractivity contribution is -0.114. The van der Waals surface area contributed by atoms with Crippen LogP contribution in [0.25, 0.3) is 6.08 Å². The van der Waals surface area contributed by atoms with Crippen molar-refractivity contribution in [2.75, 3.05) is 0 Å². The first-order valence-electron chi connectivity index (χ1n) is 6.68. The Morgan fingerprint density at radius 2 is 2.04 bits per heavy atom. The van der Waals surface area contributed by atoms with Gasteiger partial charge in [-0.05, 0) is 51.8 Å². The number of ether oxygens (including phenoxy) is 1. The van der Waals surface area contributed by atoms with Gasteiger partial charge in [0.05, 0.1) is 4.47 Å². The normalized spacial score (nSPS) is 11.0. The molecule has 4 nitrogen and oxygen atoms in total. The number of amides is 1. The predicted molar refractivity (Wildman–Crippen MR) is 97.7 cm³/mol. The number of nitrogens with two attached hydrogens (primary N) is 1. The van der Waals surface area contributed by atoms with Gasteiger partial charge in [0.25, 0.3) is 5.91 Å². The van der Waals surface area contributed by atoms with Crippen LogP contribution in [-0.4, -0.2) is 5.91 Å². The quantitative estimate of drug-likeness (QED) is 0.555. The van der Waals surface area contributed by atoms with Crippen LogP contribution in [0.4, 0.5) is 0 Å². The standard InChI is InChI=1S/C17H11BrCl2N2O2/c18-14-6-10(5-12(8-21)17(22)23)1-4-16(14)24-9-11-2-3-13(19)7-15(11)20/h1-7H,9H2,(H2,22,23)/b12-5-.